The van der Waals surface area contributed by atoms with Crippen LogP contribution in [0.25, 0.3) is 6.08 Å². The van der Waals surface area contributed by atoms with Gasteiger partial charge in [0, 0.05) is 16.1 Å². The molecule has 4 nitrogen and oxygen atoms in total. The molecule has 2 rings (SSSR count). The number of hydrogen-bond acceptors (Lipinski definition) is 4. The average Bonchev–Trinajstić information content (AvgIpc) is 2.87. The number of aromatic nitrogens is 1. The van der Waals surface area contributed by atoms with Crippen molar-refractivity contribution in [3.8, 4) is 0 Å². The van der Waals surface area contributed by atoms with Crippen molar-refractivity contribution in [1.82, 2.24) is 4.37 Å². The standard InChI is InChI=1S/C13H7Cl2N2O2S/c14-8-3-1-7(9(15)5-8)2-4-11(18)12-6-10(13(16)19)17-20-12/h1-5H,(H2,16,19)/b4-2+. The number of ketones is 1. The minimum Gasteiger partial charge on any atom is -0.364 e. The zero-order chi connectivity index (χ0) is 14.7. The molecule has 7 heteroatoms. The summed E-state index contributed by atoms with van der Waals surface area (Å²) >= 11 is 12.6. The van der Waals surface area contributed by atoms with Gasteiger partial charge in [0.1, 0.15) is 10.6 Å². The Hall–Kier alpha value is -1.69. The van der Waals surface area contributed by atoms with Crippen LogP contribution >= 0.6 is 34.7 Å². The summed E-state index contributed by atoms with van der Waals surface area (Å²) in [5.41, 5.74) is 5.65. The average molecular weight is 326 g/mol. The van der Waals surface area contributed by atoms with Gasteiger partial charge >= 0.3 is 0 Å². The zero-order valence-corrected chi connectivity index (χ0v) is 12.2. The Labute approximate surface area is 129 Å². The van der Waals surface area contributed by atoms with Gasteiger partial charge < -0.3 is 5.73 Å². The van der Waals surface area contributed by atoms with Gasteiger partial charge in [0.25, 0.3) is 5.91 Å². The van der Waals surface area contributed by atoms with Crippen LogP contribution in [0.3, 0.4) is 0 Å². The highest BCUT2D eigenvalue weighted by atomic mass is 35.5. The van der Waals surface area contributed by atoms with E-state index in [0.29, 0.717) is 15.6 Å². The van der Waals surface area contributed by atoms with E-state index in [1.807, 2.05) is 0 Å². The number of nitrogens with zero attached hydrogens (tertiary/aromatic N) is 1. The van der Waals surface area contributed by atoms with Crippen LogP contribution in [0, 0.1) is 6.07 Å². The lowest BCUT2D eigenvalue weighted by molar-refractivity contribution is 0.0996. The number of nitrogens with two attached hydrogens (primary N) is 1. The van der Waals surface area contributed by atoms with Crippen molar-refractivity contribution >= 4 is 52.5 Å². The normalized spacial score (nSPS) is 10.9. The van der Waals surface area contributed by atoms with Crippen molar-refractivity contribution in [2.45, 2.75) is 0 Å². The number of halogens is 2. The molecule has 0 unspecified atom stereocenters. The Kier molecular flexibility index (Phi) is 4.54. The molecule has 0 saturated heterocycles. The third-order valence-corrected chi connectivity index (χ3v) is 3.62. The van der Waals surface area contributed by atoms with Gasteiger partial charge in [-0.1, -0.05) is 29.3 Å². The minimum atomic E-state index is -0.718. The van der Waals surface area contributed by atoms with Crippen LogP contribution in [-0.4, -0.2) is 16.1 Å². The first-order chi connectivity index (χ1) is 9.47. The van der Waals surface area contributed by atoms with Crippen molar-refractivity contribution in [2.24, 2.45) is 5.73 Å². The number of benzene rings is 1. The third-order valence-electron chi connectivity index (χ3n) is 2.29. The van der Waals surface area contributed by atoms with Crippen molar-refractivity contribution in [2.75, 3.05) is 0 Å². The largest absolute Gasteiger partial charge is 0.364 e. The predicted octanol–water partition coefficient (Wildman–Crippen LogP) is 3.25. The second-order valence-electron chi connectivity index (χ2n) is 3.71. The van der Waals surface area contributed by atoms with Crippen LogP contribution < -0.4 is 5.73 Å². The van der Waals surface area contributed by atoms with Gasteiger partial charge in [-0.25, -0.2) is 0 Å². The lowest BCUT2D eigenvalue weighted by atomic mass is 10.2. The summed E-state index contributed by atoms with van der Waals surface area (Å²) in [4.78, 5) is 22.9. The first kappa shape index (κ1) is 14.7. The molecule has 1 heterocycles. The summed E-state index contributed by atoms with van der Waals surface area (Å²) in [6, 6.07) is 7.49. The lowest BCUT2D eigenvalue weighted by Crippen LogP contribution is -2.11. The molecule has 1 radical (unpaired) electrons. The second-order valence-corrected chi connectivity index (χ2v) is 5.33. The monoisotopic (exact) mass is 325 g/mol. The molecule has 0 spiro atoms. The Morgan fingerprint density at radius 3 is 2.70 bits per heavy atom. The molecular weight excluding hydrogens is 319 g/mol. The number of amides is 1. The van der Waals surface area contributed by atoms with Crippen molar-refractivity contribution in [3.63, 3.8) is 0 Å². The molecule has 20 heavy (non-hydrogen) atoms. The molecule has 0 saturated carbocycles. The Morgan fingerprint density at radius 1 is 1.35 bits per heavy atom. The highest BCUT2D eigenvalue weighted by Crippen LogP contribution is 2.22. The smallest absolute Gasteiger partial charge is 0.269 e. The number of carbonyl (C=O) groups excluding carboxylic acids is 2. The molecule has 0 aliphatic carbocycles. The predicted molar refractivity (Wildman–Crippen MR) is 79.3 cm³/mol. The van der Waals surface area contributed by atoms with E-state index in [2.05, 4.69) is 10.4 Å². The molecule has 2 N–H and O–H groups in total. The van der Waals surface area contributed by atoms with Crippen LogP contribution in [0.2, 0.25) is 10.0 Å². The fourth-order valence-electron chi connectivity index (χ4n) is 1.34. The quantitative estimate of drug-likeness (QED) is 0.692. The minimum absolute atomic E-state index is 0.0451. The molecule has 2 aromatic rings. The van der Waals surface area contributed by atoms with Crippen LogP contribution in [0.5, 0.6) is 0 Å². The van der Waals surface area contributed by atoms with Crippen molar-refractivity contribution in [1.29, 1.82) is 0 Å². The summed E-state index contributed by atoms with van der Waals surface area (Å²) in [6.07, 6.45) is 2.88. The van der Waals surface area contributed by atoms with E-state index in [4.69, 9.17) is 28.9 Å². The maximum absolute atomic E-state index is 11.9. The topological polar surface area (TPSA) is 73.1 Å². The first-order valence-electron chi connectivity index (χ1n) is 5.33. The highest BCUT2D eigenvalue weighted by molar-refractivity contribution is 7.08. The zero-order valence-electron chi connectivity index (χ0n) is 9.89. The maximum atomic E-state index is 11.9. The van der Waals surface area contributed by atoms with E-state index >= 15 is 0 Å². The summed E-state index contributed by atoms with van der Waals surface area (Å²) in [5, 5.41) is 0.952. The van der Waals surface area contributed by atoms with Crippen molar-refractivity contribution in [3.05, 3.63) is 56.5 Å². The second kappa shape index (κ2) is 6.17. The van der Waals surface area contributed by atoms with E-state index < -0.39 is 5.91 Å². The van der Waals surface area contributed by atoms with Crippen LogP contribution in [0.4, 0.5) is 0 Å². The molecule has 0 aliphatic heterocycles. The molecule has 0 bridgehead atoms. The van der Waals surface area contributed by atoms with E-state index in [9.17, 15) is 9.59 Å². The number of rotatable bonds is 4. The van der Waals surface area contributed by atoms with Gasteiger partial charge in [-0.05, 0) is 41.4 Å². The van der Waals surface area contributed by atoms with Crippen LogP contribution in [0.15, 0.2) is 24.3 Å². The van der Waals surface area contributed by atoms with Gasteiger partial charge in [-0.15, -0.1) is 0 Å². The fraction of sp³-hybridized carbons (Fsp3) is 0. The summed E-state index contributed by atoms with van der Waals surface area (Å²) in [6.45, 7) is 0. The number of hydrogen-bond donors (Lipinski definition) is 1. The van der Waals surface area contributed by atoms with Gasteiger partial charge in [0.05, 0.1) is 0 Å². The Morgan fingerprint density at radius 2 is 2.10 bits per heavy atom. The van der Waals surface area contributed by atoms with E-state index in [0.717, 1.165) is 11.5 Å². The van der Waals surface area contributed by atoms with Gasteiger partial charge in [0.15, 0.2) is 5.78 Å². The molecule has 0 atom stereocenters. The van der Waals surface area contributed by atoms with E-state index in [1.165, 1.54) is 6.08 Å². The first-order valence-corrected chi connectivity index (χ1v) is 6.86. The summed E-state index contributed by atoms with van der Waals surface area (Å²) < 4.78 is 3.73. The molecule has 0 aliphatic rings. The third kappa shape index (κ3) is 3.45. The van der Waals surface area contributed by atoms with Gasteiger partial charge in [-0.2, -0.15) is 4.37 Å². The SMILES string of the molecule is NC(=O)c1[c]c(C(=O)/C=C/c2ccc(Cl)cc2Cl)sn1. The molecule has 0 fully saturated rings. The van der Waals surface area contributed by atoms with Crippen molar-refractivity contribution < 1.29 is 9.59 Å². The Balaban J connectivity index is 2.17. The highest BCUT2D eigenvalue weighted by Gasteiger charge is 2.12. The molecular formula is C13H7Cl2N2O2S. The molecule has 1 amide bonds. The molecule has 101 valence electrons. The molecule has 1 aromatic heterocycles. The maximum Gasteiger partial charge on any atom is 0.269 e. The number of primary amides is 1. The van der Waals surface area contributed by atoms with Crippen LogP contribution in [0.1, 0.15) is 25.7 Å². The summed E-state index contributed by atoms with van der Waals surface area (Å²) in [7, 11) is 0. The number of carbonyl (C=O) groups is 2. The summed E-state index contributed by atoms with van der Waals surface area (Å²) in [5.74, 6) is -1.05. The fourth-order valence-corrected chi connectivity index (χ4v) is 2.43. The van der Waals surface area contributed by atoms with Crippen LogP contribution in [-0.2, 0) is 0 Å². The van der Waals surface area contributed by atoms with E-state index in [-0.39, 0.29) is 16.4 Å². The van der Waals surface area contributed by atoms with E-state index in [1.54, 1.807) is 24.3 Å². The van der Waals surface area contributed by atoms with Gasteiger partial charge in [0.2, 0.25) is 0 Å². The lowest BCUT2D eigenvalue weighted by Gasteiger charge is -1.97. The molecule has 1 aromatic carbocycles. The number of allylic oxidation sites excluding steroid dienone is 1. The van der Waals surface area contributed by atoms with Gasteiger partial charge in [-0.3, -0.25) is 9.59 Å². The Bertz CT molecular complexity index is 710.